The molecule has 3 aromatic carbocycles. The lowest BCUT2D eigenvalue weighted by molar-refractivity contribution is -0.115. The first-order valence-electron chi connectivity index (χ1n) is 10.3. The van der Waals surface area contributed by atoms with Gasteiger partial charge in [0, 0.05) is 12.2 Å². The molecule has 4 aromatic rings. The predicted octanol–water partition coefficient (Wildman–Crippen LogP) is 5.66. The van der Waals surface area contributed by atoms with Gasteiger partial charge in [-0.3, -0.25) is 4.79 Å². The van der Waals surface area contributed by atoms with Crippen molar-refractivity contribution in [2.75, 3.05) is 0 Å². The number of aromatic nitrogens is 3. The Morgan fingerprint density at radius 1 is 0.875 bits per heavy atom. The second-order valence-electron chi connectivity index (χ2n) is 7.50. The van der Waals surface area contributed by atoms with E-state index in [4.69, 9.17) is 12.2 Å². The van der Waals surface area contributed by atoms with Gasteiger partial charge in [-0.1, -0.05) is 108 Å². The average Bonchev–Trinajstić information content (AvgIpc) is 3.29. The lowest BCUT2D eigenvalue weighted by Crippen LogP contribution is -2.38. The monoisotopic (exact) mass is 457 g/mol. The van der Waals surface area contributed by atoms with Crippen molar-refractivity contribution in [1.29, 1.82) is 0 Å². The highest BCUT2D eigenvalue weighted by molar-refractivity contribution is 8.22. The van der Waals surface area contributed by atoms with E-state index in [1.165, 1.54) is 11.8 Å². The Morgan fingerprint density at radius 2 is 1.34 bits per heavy atom. The molecule has 0 radical (unpaired) electrons. The number of Topliss-reactive ketones (excluding diaryl/α,β-unsaturated/α-hetero) is 1. The highest BCUT2D eigenvalue weighted by atomic mass is 32.2. The first kappa shape index (κ1) is 22.1. The molecular formula is C26H23N3OS2. The summed E-state index contributed by atoms with van der Waals surface area (Å²) >= 11 is 6.79. The van der Waals surface area contributed by atoms with E-state index in [2.05, 4.69) is 46.7 Å². The molecule has 0 amide bonds. The molecule has 0 saturated carbocycles. The molecular weight excluding hydrogens is 434 g/mol. The van der Waals surface area contributed by atoms with Crippen LogP contribution in [0.15, 0.2) is 97.2 Å². The fourth-order valence-electron chi connectivity index (χ4n) is 3.87. The fourth-order valence-corrected chi connectivity index (χ4v) is 5.00. The summed E-state index contributed by atoms with van der Waals surface area (Å²) in [6, 6.07) is 31.1. The molecule has 0 aliphatic rings. The molecule has 0 aliphatic carbocycles. The number of benzene rings is 3. The summed E-state index contributed by atoms with van der Waals surface area (Å²) in [6.07, 6.45) is 2.28. The van der Waals surface area contributed by atoms with Crippen LogP contribution in [0.1, 0.15) is 35.7 Å². The summed E-state index contributed by atoms with van der Waals surface area (Å²) in [5.74, 6) is 0.642. The van der Waals surface area contributed by atoms with Gasteiger partial charge in [-0.2, -0.15) is 0 Å². The lowest BCUT2D eigenvalue weighted by Gasteiger charge is -2.35. The van der Waals surface area contributed by atoms with E-state index in [1.54, 1.807) is 6.92 Å². The Kier molecular flexibility index (Phi) is 6.93. The van der Waals surface area contributed by atoms with Crippen LogP contribution < -0.4 is 0 Å². The fraction of sp³-hybridized carbons (Fsp3) is 0.154. The van der Waals surface area contributed by atoms with Crippen LogP contribution in [0.3, 0.4) is 0 Å². The van der Waals surface area contributed by atoms with Crippen molar-refractivity contribution in [3.8, 4) is 0 Å². The molecule has 0 atom stereocenters. The third kappa shape index (κ3) is 4.56. The summed E-state index contributed by atoms with van der Waals surface area (Å²) in [4.78, 5) is 11.3. The molecule has 4 nitrogen and oxygen atoms in total. The summed E-state index contributed by atoms with van der Waals surface area (Å²) in [7, 11) is 0. The SMILES string of the molecule is CC(=O)CC(=S)SCc1cn(C(c2ccccc2)(c2ccccc2)c2ccccc2)nn1. The number of rotatable bonds is 8. The van der Waals surface area contributed by atoms with Gasteiger partial charge in [-0.15, -0.1) is 16.9 Å². The molecule has 0 fully saturated rings. The molecule has 0 spiro atoms. The van der Waals surface area contributed by atoms with Crippen molar-refractivity contribution in [2.24, 2.45) is 0 Å². The number of ketones is 1. The molecule has 160 valence electrons. The summed E-state index contributed by atoms with van der Waals surface area (Å²) < 4.78 is 2.61. The minimum atomic E-state index is -0.681. The number of thiocarbonyl (C=S) groups is 1. The molecule has 32 heavy (non-hydrogen) atoms. The number of hydrogen-bond donors (Lipinski definition) is 0. The van der Waals surface area contributed by atoms with Crippen molar-refractivity contribution in [3.63, 3.8) is 0 Å². The Balaban J connectivity index is 1.83. The highest BCUT2D eigenvalue weighted by Crippen LogP contribution is 2.40. The summed E-state index contributed by atoms with van der Waals surface area (Å²) in [5.41, 5.74) is 3.41. The first-order chi connectivity index (χ1) is 15.6. The van der Waals surface area contributed by atoms with E-state index < -0.39 is 5.54 Å². The largest absolute Gasteiger partial charge is 0.300 e. The summed E-state index contributed by atoms with van der Waals surface area (Å²) in [6.45, 7) is 1.55. The van der Waals surface area contributed by atoms with Gasteiger partial charge < -0.3 is 0 Å². The molecule has 4 rings (SSSR count). The molecule has 0 saturated heterocycles. The normalized spacial score (nSPS) is 11.3. The van der Waals surface area contributed by atoms with E-state index in [-0.39, 0.29) is 5.78 Å². The van der Waals surface area contributed by atoms with Crippen molar-refractivity contribution >= 4 is 34.0 Å². The van der Waals surface area contributed by atoms with Gasteiger partial charge in [0.05, 0.1) is 16.1 Å². The van der Waals surface area contributed by atoms with Crippen molar-refractivity contribution in [3.05, 3.63) is 120 Å². The second kappa shape index (κ2) is 10.0. The summed E-state index contributed by atoms with van der Waals surface area (Å²) in [5, 5.41) is 9.06. The third-order valence-electron chi connectivity index (χ3n) is 5.23. The number of nitrogens with zero attached hydrogens (tertiary/aromatic N) is 3. The number of carbonyl (C=O) groups excluding carboxylic acids is 1. The van der Waals surface area contributed by atoms with Gasteiger partial charge in [-0.25, -0.2) is 4.68 Å². The molecule has 0 aliphatic heterocycles. The Labute approximate surface area is 197 Å². The van der Waals surface area contributed by atoms with Crippen molar-refractivity contribution in [2.45, 2.75) is 24.6 Å². The van der Waals surface area contributed by atoms with Crippen molar-refractivity contribution in [1.82, 2.24) is 15.0 Å². The van der Waals surface area contributed by atoms with Gasteiger partial charge >= 0.3 is 0 Å². The van der Waals surface area contributed by atoms with Gasteiger partial charge in [0.2, 0.25) is 0 Å². The predicted molar refractivity (Wildman–Crippen MR) is 134 cm³/mol. The molecule has 0 N–H and O–H groups in total. The highest BCUT2D eigenvalue weighted by Gasteiger charge is 2.39. The van der Waals surface area contributed by atoms with Crippen LogP contribution in [0.25, 0.3) is 0 Å². The van der Waals surface area contributed by atoms with Crippen molar-refractivity contribution < 1.29 is 4.79 Å². The smallest absolute Gasteiger partial charge is 0.139 e. The van der Waals surface area contributed by atoms with E-state index in [9.17, 15) is 4.79 Å². The minimum absolute atomic E-state index is 0.0717. The maximum atomic E-state index is 11.3. The van der Waals surface area contributed by atoms with Crippen LogP contribution in [-0.2, 0) is 16.1 Å². The standard InChI is InChI=1S/C26H23N3OS2/c1-20(30)17-25(31)32-19-24-18-29(28-27-24)26(21-11-5-2-6-12-21,22-13-7-3-8-14-22)23-15-9-4-10-16-23/h2-16,18H,17,19H2,1H3. The van der Waals surface area contributed by atoms with Crippen LogP contribution in [0.5, 0.6) is 0 Å². The third-order valence-corrected chi connectivity index (χ3v) is 6.64. The van der Waals surface area contributed by atoms with Gasteiger partial charge in [0.1, 0.15) is 11.3 Å². The second-order valence-corrected chi connectivity index (χ2v) is 9.32. The zero-order valence-corrected chi connectivity index (χ0v) is 19.4. The minimum Gasteiger partial charge on any atom is -0.300 e. The molecule has 6 heteroatoms. The number of thioether (sulfide) groups is 1. The zero-order valence-electron chi connectivity index (χ0n) is 17.7. The Hall–Kier alpha value is -3.09. The maximum absolute atomic E-state index is 11.3. The van der Waals surface area contributed by atoms with Crippen LogP contribution in [0, 0.1) is 0 Å². The number of hydrogen-bond acceptors (Lipinski definition) is 5. The first-order valence-corrected chi connectivity index (χ1v) is 11.7. The Morgan fingerprint density at radius 3 is 1.78 bits per heavy atom. The van der Waals surface area contributed by atoms with Crippen LogP contribution in [0.4, 0.5) is 0 Å². The quantitative estimate of drug-likeness (QED) is 0.252. The maximum Gasteiger partial charge on any atom is 0.139 e. The number of carbonyl (C=O) groups is 1. The van der Waals surface area contributed by atoms with Gasteiger partial charge in [0.25, 0.3) is 0 Å². The zero-order chi connectivity index (χ0) is 22.4. The molecule has 0 unspecified atom stereocenters. The van der Waals surface area contributed by atoms with E-state index in [0.29, 0.717) is 16.4 Å². The van der Waals surface area contributed by atoms with E-state index >= 15 is 0 Å². The topological polar surface area (TPSA) is 47.8 Å². The van der Waals surface area contributed by atoms with Crippen LogP contribution in [0.2, 0.25) is 0 Å². The average molecular weight is 458 g/mol. The molecule has 1 heterocycles. The van der Waals surface area contributed by atoms with Crippen LogP contribution >= 0.6 is 24.0 Å². The molecule has 0 bridgehead atoms. The van der Waals surface area contributed by atoms with E-state index in [1.807, 2.05) is 65.5 Å². The van der Waals surface area contributed by atoms with Gasteiger partial charge in [0.15, 0.2) is 0 Å². The Bertz CT molecular complexity index is 1090. The van der Waals surface area contributed by atoms with Crippen LogP contribution in [-0.4, -0.2) is 25.0 Å². The van der Waals surface area contributed by atoms with E-state index in [0.717, 1.165) is 22.4 Å². The van der Waals surface area contributed by atoms with Gasteiger partial charge in [-0.05, 0) is 23.6 Å². The molecule has 1 aromatic heterocycles. The lowest BCUT2D eigenvalue weighted by atomic mass is 9.77.